The molecular weight excluding hydrogens is 298 g/mol. The van der Waals surface area contributed by atoms with E-state index in [1.165, 1.54) is 12.3 Å². The maximum atomic E-state index is 11.8. The molecule has 1 amide bonds. The highest BCUT2D eigenvalue weighted by atomic mass is 32.2. The van der Waals surface area contributed by atoms with E-state index in [0.717, 1.165) is 11.3 Å². The van der Waals surface area contributed by atoms with Gasteiger partial charge in [-0.3, -0.25) is 9.78 Å². The van der Waals surface area contributed by atoms with Crippen LogP contribution in [-0.4, -0.2) is 32.4 Å². The van der Waals surface area contributed by atoms with E-state index in [1.807, 2.05) is 0 Å². The Morgan fingerprint density at radius 1 is 1.20 bits per heavy atom. The first-order chi connectivity index (χ1) is 9.59. The van der Waals surface area contributed by atoms with E-state index in [9.17, 15) is 13.2 Å². The summed E-state index contributed by atoms with van der Waals surface area (Å²) in [5, 5.41) is 4.28. The van der Waals surface area contributed by atoms with Crippen molar-refractivity contribution in [3.8, 4) is 0 Å². The first kappa shape index (κ1) is 14.6. The third-order valence-electron chi connectivity index (χ3n) is 2.36. The lowest BCUT2D eigenvalue weighted by atomic mass is 10.3. The minimum absolute atomic E-state index is 0.124. The smallest absolute Gasteiger partial charge is 0.269 e. The number of amides is 1. The molecule has 20 heavy (non-hydrogen) atoms. The fourth-order valence-corrected chi connectivity index (χ4v) is 3.51. The van der Waals surface area contributed by atoms with Gasteiger partial charge in [0.05, 0.1) is 0 Å². The van der Waals surface area contributed by atoms with E-state index < -0.39 is 10.0 Å². The van der Waals surface area contributed by atoms with E-state index >= 15 is 0 Å². The normalized spacial score (nSPS) is 11.2. The van der Waals surface area contributed by atoms with Gasteiger partial charge < -0.3 is 5.32 Å². The second kappa shape index (κ2) is 6.60. The van der Waals surface area contributed by atoms with Gasteiger partial charge in [-0.15, -0.1) is 11.3 Å². The Morgan fingerprint density at radius 3 is 2.70 bits per heavy atom. The van der Waals surface area contributed by atoms with Crippen LogP contribution in [0.2, 0.25) is 0 Å². The molecule has 0 bridgehead atoms. The first-order valence-electron chi connectivity index (χ1n) is 5.82. The predicted molar refractivity (Wildman–Crippen MR) is 76.1 cm³/mol. The number of pyridine rings is 1. The van der Waals surface area contributed by atoms with Crippen molar-refractivity contribution in [3.63, 3.8) is 0 Å². The van der Waals surface area contributed by atoms with Crippen LogP contribution in [0.5, 0.6) is 0 Å². The molecule has 0 fully saturated rings. The van der Waals surface area contributed by atoms with Crippen molar-refractivity contribution < 1.29 is 13.2 Å². The van der Waals surface area contributed by atoms with Crippen LogP contribution in [0.25, 0.3) is 0 Å². The van der Waals surface area contributed by atoms with E-state index in [2.05, 4.69) is 15.0 Å². The number of hydrogen-bond donors (Lipinski definition) is 2. The third-order valence-corrected chi connectivity index (χ3v) is 5.22. The maximum absolute atomic E-state index is 11.8. The van der Waals surface area contributed by atoms with Gasteiger partial charge in [-0.05, 0) is 23.6 Å². The second-order valence-corrected chi connectivity index (χ2v) is 6.74. The van der Waals surface area contributed by atoms with Crippen molar-refractivity contribution in [1.29, 1.82) is 0 Å². The number of carbonyl (C=O) groups excluding carboxylic acids is 1. The molecule has 0 aliphatic carbocycles. The van der Waals surface area contributed by atoms with Crippen molar-refractivity contribution in [3.05, 3.63) is 47.6 Å². The van der Waals surface area contributed by atoms with Gasteiger partial charge in [0.2, 0.25) is 10.0 Å². The molecule has 2 aromatic heterocycles. The molecule has 0 aromatic carbocycles. The molecule has 6 nitrogen and oxygen atoms in total. The fourth-order valence-electron chi connectivity index (χ4n) is 1.44. The van der Waals surface area contributed by atoms with Crippen LogP contribution in [0.3, 0.4) is 0 Å². The number of hydrogen-bond acceptors (Lipinski definition) is 5. The zero-order valence-electron chi connectivity index (χ0n) is 10.4. The summed E-state index contributed by atoms with van der Waals surface area (Å²) < 4.78 is 26.2. The minimum atomic E-state index is -3.48. The molecule has 0 radical (unpaired) electrons. The van der Waals surface area contributed by atoms with Crippen LogP contribution in [0.4, 0.5) is 0 Å². The van der Waals surface area contributed by atoms with Gasteiger partial charge in [0, 0.05) is 19.3 Å². The second-order valence-electron chi connectivity index (χ2n) is 3.80. The Labute approximate surface area is 120 Å². The molecule has 0 unspecified atom stereocenters. The van der Waals surface area contributed by atoms with Crippen molar-refractivity contribution >= 4 is 27.3 Å². The Hall–Kier alpha value is -1.77. The lowest BCUT2D eigenvalue weighted by molar-refractivity contribution is 0.0949. The van der Waals surface area contributed by atoms with Gasteiger partial charge in [-0.1, -0.05) is 12.1 Å². The minimum Gasteiger partial charge on any atom is -0.349 e. The van der Waals surface area contributed by atoms with Gasteiger partial charge in [-0.25, -0.2) is 13.1 Å². The summed E-state index contributed by atoms with van der Waals surface area (Å²) in [5.41, 5.74) is 0.300. The Balaban J connectivity index is 1.79. The van der Waals surface area contributed by atoms with Crippen molar-refractivity contribution in [2.75, 3.05) is 13.1 Å². The van der Waals surface area contributed by atoms with E-state index in [-0.39, 0.29) is 23.2 Å². The summed E-state index contributed by atoms with van der Waals surface area (Å²) in [7, 11) is -3.48. The molecule has 2 heterocycles. The summed E-state index contributed by atoms with van der Waals surface area (Å²) in [6, 6.07) is 8.21. The number of carbonyl (C=O) groups is 1. The zero-order valence-corrected chi connectivity index (χ0v) is 12.1. The molecule has 2 rings (SSSR count). The molecule has 2 aromatic rings. The molecule has 2 N–H and O–H groups in total. The number of nitrogens with one attached hydrogen (secondary N) is 2. The highest BCUT2D eigenvalue weighted by Crippen LogP contribution is 2.14. The van der Waals surface area contributed by atoms with Crippen LogP contribution >= 0.6 is 11.3 Å². The van der Waals surface area contributed by atoms with Gasteiger partial charge in [0.15, 0.2) is 0 Å². The molecule has 0 saturated heterocycles. The van der Waals surface area contributed by atoms with Crippen molar-refractivity contribution in [1.82, 2.24) is 15.0 Å². The molecular formula is C12H13N3O3S2. The van der Waals surface area contributed by atoms with Gasteiger partial charge in [0.25, 0.3) is 5.91 Å². The SMILES string of the molecule is O=C(NCCNS(=O)(=O)c1cccs1)c1ccccn1. The van der Waals surface area contributed by atoms with Crippen LogP contribution in [0.15, 0.2) is 46.1 Å². The van der Waals surface area contributed by atoms with Crippen LogP contribution in [0, 0.1) is 0 Å². The largest absolute Gasteiger partial charge is 0.349 e. The molecule has 0 aliphatic heterocycles. The van der Waals surface area contributed by atoms with E-state index in [0.29, 0.717) is 5.69 Å². The average Bonchev–Trinajstić information content (AvgIpc) is 2.99. The third kappa shape index (κ3) is 3.86. The zero-order chi connectivity index (χ0) is 14.4. The molecule has 106 valence electrons. The summed E-state index contributed by atoms with van der Waals surface area (Å²) in [6.45, 7) is 0.318. The van der Waals surface area contributed by atoms with E-state index in [4.69, 9.17) is 0 Å². The van der Waals surface area contributed by atoms with Crippen molar-refractivity contribution in [2.24, 2.45) is 0 Å². The Kier molecular flexibility index (Phi) is 4.83. The topological polar surface area (TPSA) is 88.2 Å². The number of sulfonamides is 1. The van der Waals surface area contributed by atoms with Crippen LogP contribution in [-0.2, 0) is 10.0 Å². The van der Waals surface area contributed by atoms with Crippen LogP contribution in [0.1, 0.15) is 10.5 Å². The Morgan fingerprint density at radius 2 is 2.05 bits per heavy atom. The van der Waals surface area contributed by atoms with E-state index in [1.54, 1.807) is 29.6 Å². The average molecular weight is 311 g/mol. The summed E-state index contributed by atoms with van der Waals surface area (Å²) in [6.07, 6.45) is 1.52. The number of nitrogens with zero attached hydrogens (tertiary/aromatic N) is 1. The fraction of sp³-hybridized carbons (Fsp3) is 0.167. The summed E-state index contributed by atoms with van der Waals surface area (Å²) in [5.74, 6) is -0.332. The molecule has 0 aliphatic rings. The summed E-state index contributed by atoms with van der Waals surface area (Å²) in [4.78, 5) is 15.5. The van der Waals surface area contributed by atoms with Gasteiger partial charge >= 0.3 is 0 Å². The molecule has 0 saturated carbocycles. The number of rotatable bonds is 6. The molecule has 0 atom stereocenters. The van der Waals surface area contributed by atoms with Gasteiger partial charge in [-0.2, -0.15) is 0 Å². The van der Waals surface area contributed by atoms with Gasteiger partial charge in [0.1, 0.15) is 9.90 Å². The quantitative estimate of drug-likeness (QED) is 0.774. The lowest BCUT2D eigenvalue weighted by Gasteiger charge is -2.06. The predicted octanol–water partition coefficient (Wildman–Crippen LogP) is 0.851. The molecule has 0 spiro atoms. The van der Waals surface area contributed by atoms with Crippen LogP contribution < -0.4 is 10.0 Å². The lowest BCUT2D eigenvalue weighted by Crippen LogP contribution is -2.34. The molecule has 8 heteroatoms. The standard InChI is InChI=1S/C12H13N3O3S2/c16-12(10-4-1-2-6-13-10)14-7-8-15-20(17,18)11-5-3-9-19-11/h1-6,9,15H,7-8H2,(H,14,16). The maximum Gasteiger partial charge on any atom is 0.269 e. The first-order valence-corrected chi connectivity index (χ1v) is 8.18. The Bertz CT molecular complexity index is 655. The number of aromatic nitrogens is 1. The highest BCUT2D eigenvalue weighted by molar-refractivity contribution is 7.91. The number of thiophene rings is 1. The summed E-state index contributed by atoms with van der Waals surface area (Å²) >= 11 is 1.14. The van der Waals surface area contributed by atoms with Crippen molar-refractivity contribution in [2.45, 2.75) is 4.21 Å². The highest BCUT2D eigenvalue weighted by Gasteiger charge is 2.14. The monoisotopic (exact) mass is 311 g/mol.